The highest BCUT2D eigenvalue weighted by Crippen LogP contribution is 2.32. The molecule has 0 aromatic heterocycles. The van der Waals surface area contributed by atoms with Crippen molar-refractivity contribution in [3.63, 3.8) is 0 Å². The lowest BCUT2D eigenvalue weighted by Crippen LogP contribution is -2.32. The third-order valence-electron chi connectivity index (χ3n) is 3.63. The van der Waals surface area contributed by atoms with Crippen LogP contribution in [0.4, 0.5) is 11.4 Å². The Morgan fingerprint density at radius 3 is 2.35 bits per heavy atom. The zero-order valence-electron chi connectivity index (χ0n) is 12.1. The number of rotatable bonds is 7. The molecule has 0 bridgehead atoms. The minimum absolute atomic E-state index is 0.0414. The van der Waals surface area contributed by atoms with Crippen LogP contribution in [-0.4, -0.2) is 26.0 Å². The fraction of sp³-hybridized carbons (Fsp3) is 0.538. The summed E-state index contributed by atoms with van der Waals surface area (Å²) in [6, 6.07) is 4.71. The Balaban J connectivity index is 3.05. The van der Waals surface area contributed by atoms with Gasteiger partial charge in [0.15, 0.2) is 0 Å². The molecule has 0 saturated carbocycles. The number of hydrogen-bond donors (Lipinski definition) is 3. The highest BCUT2D eigenvalue weighted by atomic mass is 32.2. The maximum atomic E-state index is 11.6. The maximum absolute atomic E-state index is 11.6. The van der Waals surface area contributed by atoms with Crippen LogP contribution in [0.2, 0.25) is 0 Å². The van der Waals surface area contributed by atoms with Gasteiger partial charge in [0.1, 0.15) is 4.90 Å². The molecule has 20 heavy (non-hydrogen) atoms. The van der Waals surface area contributed by atoms with E-state index in [-0.39, 0.29) is 9.64 Å². The summed E-state index contributed by atoms with van der Waals surface area (Å²) in [5.41, 5.74) is 6.51. The summed E-state index contributed by atoms with van der Waals surface area (Å²) in [7, 11) is -3.79. The van der Waals surface area contributed by atoms with Crippen molar-refractivity contribution in [1.82, 2.24) is 0 Å². The summed E-state index contributed by atoms with van der Waals surface area (Å²) in [6.07, 6.45) is 4.06. The number of benzene rings is 1. The summed E-state index contributed by atoms with van der Waals surface area (Å²) in [6.45, 7) is 4.93. The summed E-state index contributed by atoms with van der Waals surface area (Å²) in [5, 5.41) is 8.44. The lowest BCUT2D eigenvalue weighted by atomic mass is 10.0. The SMILES string of the molecule is CCC(CC)(CNc1ccc(N)cc1S(N)(=O)=O)SC. The number of primary sulfonamides is 1. The fourth-order valence-electron chi connectivity index (χ4n) is 2.04. The third kappa shape index (κ3) is 4.04. The minimum atomic E-state index is -3.79. The molecule has 0 radical (unpaired) electrons. The number of sulfonamides is 1. The van der Waals surface area contributed by atoms with Gasteiger partial charge >= 0.3 is 0 Å². The molecule has 1 aromatic carbocycles. The average Bonchev–Trinajstić information content (AvgIpc) is 2.41. The van der Waals surface area contributed by atoms with E-state index in [1.807, 2.05) is 0 Å². The van der Waals surface area contributed by atoms with Gasteiger partial charge in [-0.25, -0.2) is 13.6 Å². The lowest BCUT2D eigenvalue weighted by Gasteiger charge is -2.30. The van der Waals surface area contributed by atoms with Crippen molar-refractivity contribution in [2.75, 3.05) is 23.9 Å². The standard InChI is InChI=1S/C13H23N3O2S2/c1-4-13(5-2,19-3)9-16-11-7-6-10(14)8-12(11)20(15,17)18/h6-8,16H,4-5,9,14H2,1-3H3,(H2,15,17,18). The third-order valence-corrected chi connectivity index (χ3v) is 6.17. The molecular weight excluding hydrogens is 294 g/mol. The van der Waals surface area contributed by atoms with Crippen LogP contribution in [-0.2, 0) is 10.0 Å². The predicted molar refractivity (Wildman–Crippen MR) is 87.5 cm³/mol. The maximum Gasteiger partial charge on any atom is 0.240 e. The Labute approximate surface area is 125 Å². The minimum Gasteiger partial charge on any atom is -0.399 e. The van der Waals surface area contributed by atoms with E-state index in [1.165, 1.54) is 6.07 Å². The highest BCUT2D eigenvalue weighted by molar-refractivity contribution is 8.00. The van der Waals surface area contributed by atoms with E-state index in [2.05, 4.69) is 25.4 Å². The topological polar surface area (TPSA) is 98.2 Å². The molecule has 0 amide bonds. The van der Waals surface area contributed by atoms with E-state index in [0.29, 0.717) is 17.9 Å². The Morgan fingerprint density at radius 2 is 1.90 bits per heavy atom. The monoisotopic (exact) mass is 317 g/mol. The molecule has 0 saturated heterocycles. The number of hydrogen-bond acceptors (Lipinski definition) is 5. The quantitative estimate of drug-likeness (QED) is 0.670. The smallest absolute Gasteiger partial charge is 0.240 e. The number of anilines is 2. The van der Waals surface area contributed by atoms with Crippen LogP contribution in [0.15, 0.2) is 23.1 Å². The van der Waals surface area contributed by atoms with Crippen LogP contribution in [0.3, 0.4) is 0 Å². The largest absolute Gasteiger partial charge is 0.399 e. The van der Waals surface area contributed by atoms with Crippen molar-refractivity contribution in [3.05, 3.63) is 18.2 Å². The van der Waals surface area contributed by atoms with Gasteiger partial charge in [0.2, 0.25) is 10.0 Å². The first-order valence-electron chi connectivity index (χ1n) is 6.49. The molecule has 0 heterocycles. The van der Waals surface area contributed by atoms with Gasteiger partial charge in [-0.05, 0) is 37.3 Å². The molecule has 0 aliphatic carbocycles. The van der Waals surface area contributed by atoms with Gasteiger partial charge in [0, 0.05) is 17.0 Å². The van der Waals surface area contributed by atoms with Crippen LogP contribution in [0.1, 0.15) is 26.7 Å². The molecule has 5 N–H and O–H groups in total. The molecule has 0 atom stereocenters. The van der Waals surface area contributed by atoms with Crippen LogP contribution in [0.5, 0.6) is 0 Å². The van der Waals surface area contributed by atoms with Crippen LogP contribution in [0, 0.1) is 0 Å². The van der Waals surface area contributed by atoms with E-state index < -0.39 is 10.0 Å². The summed E-state index contributed by atoms with van der Waals surface area (Å²) >= 11 is 1.79. The average molecular weight is 317 g/mol. The second-order valence-corrected chi connectivity index (χ2v) is 7.55. The second-order valence-electron chi connectivity index (χ2n) is 4.75. The van der Waals surface area contributed by atoms with Gasteiger partial charge in [-0.3, -0.25) is 0 Å². The first-order valence-corrected chi connectivity index (χ1v) is 9.26. The zero-order valence-corrected chi connectivity index (χ0v) is 13.8. The molecule has 7 heteroatoms. The molecule has 0 unspecified atom stereocenters. The van der Waals surface area contributed by atoms with Gasteiger partial charge in [-0.15, -0.1) is 0 Å². The van der Waals surface area contributed by atoms with Crippen molar-refractivity contribution in [3.8, 4) is 0 Å². The molecule has 0 aliphatic rings. The molecular formula is C13H23N3O2S2. The van der Waals surface area contributed by atoms with E-state index in [0.717, 1.165) is 12.8 Å². The fourth-order valence-corrected chi connectivity index (χ4v) is 3.58. The summed E-state index contributed by atoms with van der Waals surface area (Å²) in [5.74, 6) is 0. The second kappa shape index (κ2) is 6.69. The Hall–Kier alpha value is -0.920. The van der Waals surface area contributed by atoms with Gasteiger partial charge < -0.3 is 11.1 Å². The summed E-state index contributed by atoms with van der Waals surface area (Å²) in [4.78, 5) is 0.0414. The Kier molecular flexibility index (Phi) is 5.73. The van der Waals surface area contributed by atoms with Crippen molar-refractivity contribution in [2.24, 2.45) is 5.14 Å². The molecule has 114 valence electrons. The molecule has 5 nitrogen and oxygen atoms in total. The lowest BCUT2D eigenvalue weighted by molar-refractivity contribution is 0.573. The molecule has 1 aromatic rings. The van der Waals surface area contributed by atoms with Crippen LogP contribution in [0.25, 0.3) is 0 Å². The van der Waals surface area contributed by atoms with Crippen LogP contribution >= 0.6 is 11.8 Å². The van der Waals surface area contributed by atoms with E-state index >= 15 is 0 Å². The van der Waals surface area contributed by atoms with Crippen LogP contribution < -0.4 is 16.2 Å². The van der Waals surface area contributed by atoms with E-state index in [9.17, 15) is 8.42 Å². The molecule has 1 rings (SSSR count). The van der Waals surface area contributed by atoms with Crippen molar-refractivity contribution >= 4 is 33.2 Å². The molecule has 0 fully saturated rings. The normalized spacial score (nSPS) is 12.4. The Bertz CT molecular complexity index is 546. The number of nitrogens with two attached hydrogens (primary N) is 2. The van der Waals surface area contributed by atoms with E-state index in [1.54, 1.807) is 23.9 Å². The molecule has 0 spiro atoms. The van der Waals surface area contributed by atoms with Gasteiger partial charge in [0.25, 0.3) is 0 Å². The van der Waals surface area contributed by atoms with Crippen molar-refractivity contribution in [2.45, 2.75) is 36.3 Å². The Morgan fingerprint density at radius 1 is 1.30 bits per heavy atom. The van der Waals surface area contributed by atoms with E-state index in [4.69, 9.17) is 10.9 Å². The van der Waals surface area contributed by atoms with Crippen molar-refractivity contribution < 1.29 is 8.42 Å². The highest BCUT2D eigenvalue weighted by Gasteiger charge is 2.25. The first kappa shape index (κ1) is 17.1. The molecule has 0 aliphatic heterocycles. The van der Waals surface area contributed by atoms with Gasteiger partial charge in [-0.1, -0.05) is 13.8 Å². The number of thioether (sulfide) groups is 1. The van der Waals surface area contributed by atoms with Gasteiger partial charge in [0.05, 0.1) is 5.69 Å². The predicted octanol–water partition coefficient (Wildman–Crippen LogP) is 2.25. The zero-order chi connectivity index (χ0) is 15.4. The van der Waals surface area contributed by atoms with Crippen molar-refractivity contribution in [1.29, 1.82) is 0 Å². The number of nitrogen functional groups attached to an aromatic ring is 1. The first-order chi connectivity index (χ1) is 9.28. The van der Waals surface area contributed by atoms with Gasteiger partial charge in [-0.2, -0.15) is 11.8 Å². The number of nitrogens with one attached hydrogen (secondary N) is 1. The summed E-state index contributed by atoms with van der Waals surface area (Å²) < 4.78 is 23.3.